The van der Waals surface area contributed by atoms with Crippen LogP contribution in [0.5, 0.6) is 0 Å². The van der Waals surface area contributed by atoms with Gasteiger partial charge in [-0.15, -0.1) is 0 Å². The maximum absolute atomic E-state index is 13.5. The molecule has 0 radical (unpaired) electrons. The van der Waals surface area contributed by atoms with E-state index in [1.807, 2.05) is 13.8 Å². The Morgan fingerprint density at radius 2 is 1.00 bits per heavy atom. The summed E-state index contributed by atoms with van der Waals surface area (Å²) in [6, 6.07) is 17.2. The molecule has 0 aliphatic heterocycles. The molecule has 0 aliphatic carbocycles. The zero-order valence-electron chi connectivity index (χ0n) is 21.9. The van der Waals surface area contributed by atoms with E-state index in [4.69, 9.17) is 15.6 Å². The Balaban J connectivity index is 2.44. The van der Waals surface area contributed by atoms with Crippen molar-refractivity contribution in [2.45, 2.75) is 74.5 Å². The van der Waals surface area contributed by atoms with Gasteiger partial charge in [-0.05, 0) is 0 Å². The van der Waals surface area contributed by atoms with Crippen LogP contribution < -0.4 is 0 Å². The van der Waals surface area contributed by atoms with E-state index in [1.54, 1.807) is 60.7 Å². The van der Waals surface area contributed by atoms with E-state index < -0.39 is 55.3 Å². The number of carbonyl (C=O) groups excluding carboxylic acids is 4. The van der Waals surface area contributed by atoms with Crippen molar-refractivity contribution in [1.29, 1.82) is 0 Å². The third kappa shape index (κ3) is 9.83. The predicted molar refractivity (Wildman–Crippen MR) is 139 cm³/mol. The first-order valence-corrected chi connectivity index (χ1v) is 19.0. The molecule has 2 aromatic carbocycles. The Kier molecular flexibility index (Phi) is 12.6. The van der Waals surface area contributed by atoms with Crippen LogP contribution in [0.3, 0.4) is 0 Å². The van der Waals surface area contributed by atoms with E-state index in [2.05, 4.69) is 0 Å². The van der Waals surface area contributed by atoms with Crippen molar-refractivity contribution in [2.75, 3.05) is 0 Å². The molecular formula is C28H36O8Sn. The van der Waals surface area contributed by atoms with E-state index in [9.17, 15) is 19.2 Å². The minimum absolute atomic E-state index is 0.436. The van der Waals surface area contributed by atoms with Crippen molar-refractivity contribution in [3.8, 4) is 0 Å². The van der Waals surface area contributed by atoms with E-state index >= 15 is 0 Å². The van der Waals surface area contributed by atoms with Crippen LogP contribution in [0.2, 0.25) is 8.87 Å². The van der Waals surface area contributed by atoms with E-state index in [0.29, 0.717) is 32.8 Å². The molecule has 2 aromatic rings. The van der Waals surface area contributed by atoms with Gasteiger partial charge in [0.1, 0.15) is 0 Å². The molecule has 8 nitrogen and oxygen atoms in total. The van der Waals surface area contributed by atoms with Gasteiger partial charge in [0.2, 0.25) is 0 Å². The number of ether oxygens (including phenoxy) is 2. The number of carbonyl (C=O) groups is 4. The molecule has 9 heteroatoms. The van der Waals surface area contributed by atoms with Gasteiger partial charge >= 0.3 is 224 Å². The molecule has 0 N–H and O–H groups in total. The van der Waals surface area contributed by atoms with Gasteiger partial charge in [0, 0.05) is 0 Å². The molecule has 0 amide bonds. The van der Waals surface area contributed by atoms with Gasteiger partial charge in [0.05, 0.1) is 0 Å². The second-order valence-corrected chi connectivity index (χ2v) is 18.0. The molecule has 200 valence electrons. The summed E-state index contributed by atoms with van der Waals surface area (Å²) in [5.41, 5.74) is 0.921. The summed E-state index contributed by atoms with van der Waals surface area (Å²) in [6.07, 6.45) is 0.419. The topological polar surface area (TPSA) is 105 Å². The normalized spacial score (nSPS) is 12.6. The van der Waals surface area contributed by atoms with Crippen molar-refractivity contribution in [3.63, 3.8) is 0 Å². The molecule has 0 aliphatic rings. The van der Waals surface area contributed by atoms with Crippen molar-refractivity contribution >= 4 is 43.1 Å². The predicted octanol–water partition coefficient (Wildman–Crippen LogP) is 5.72. The van der Waals surface area contributed by atoms with E-state index in [1.165, 1.54) is 13.8 Å². The fraction of sp³-hybridized carbons (Fsp3) is 0.429. The summed E-state index contributed by atoms with van der Waals surface area (Å²) < 4.78 is 23.8. The van der Waals surface area contributed by atoms with Crippen LogP contribution in [0.25, 0.3) is 0 Å². The minimum atomic E-state index is -4.51. The van der Waals surface area contributed by atoms with Crippen LogP contribution >= 0.6 is 0 Å². The fourth-order valence-electron chi connectivity index (χ4n) is 3.81. The summed E-state index contributed by atoms with van der Waals surface area (Å²) in [5.74, 6) is -2.80. The van der Waals surface area contributed by atoms with Crippen molar-refractivity contribution in [1.82, 2.24) is 0 Å². The van der Waals surface area contributed by atoms with Gasteiger partial charge < -0.3 is 0 Å². The van der Waals surface area contributed by atoms with Crippen LogP contribution in [0.15, 0.2) is 60.7 Å². The fourth-order valence-corrected chi connectivity index (χ4v) is 13.6. The third-order valence-electron chi connectivity index (χ3n) is 5.60. The van der Waals surface area contributed by atoms with Crippen LogP contribution in [-0.4, -0.2) is 43.1 Å². The van der Waals surface area contributed by atoms with Crippen molar-refractivity contribution < 1.29 is 34.8 Å². The number of esters is 2. The summed E-state index contributed by atoms with van der Waals surface area (Å²) >= 11 is -4.51. The van der Waals surface area contributed by atoms with Gasteiger partial charge in [0.15, 0.2) is 0 Å². The van der Waals surface area contributed by atoms with Gasteiger partial charge in [-0.3, -0.25) is 0 Å². The summed E-state index contributed by atoms with van der Waals surface area (Å²) in [6.45, 7) is 6.43. The molecule has 37 heavy (non-hydrogen) atoms. The van der Waals surface area contributed by atoms with Gasteiger partial charge in [-0.2, -0.15) is 0 Å². The first-order valence-electron chi connectivity index (χ1n) is 12.6. The Morgan fingerprint density at radius 1 is 0.649 bits per heavy atom. The molecule has 0 heterocycles. The average molecular weight is 619 g/mol. The van der Waals surface area contributed by atoms with E-state index in [-0.39, 0.29) is 0 Å². The van der Waals surface area contributed by atoms with Crippen molar-refractivity contribution in [2.24, 2.45) is 0 Å². The molecule has 2 rings (SSSR count). The van der Waals surface area contributed by atoms with Gasteiger partial charge in [-0.25, -0.2) is 0 Å². The monoisotopic (exact) mass is 620 g/mol. The second-order valence-electron chi connectivity index (χ2n) is 8.76. The zero-order valence-corrected chi connectivity index (χ0v) is 24.8. The summed E-state index contributed by atoms with van der Waals surface area (Å²) in [5, 5.41) is 0. The Bertz CT molecular complexity index is 941. The standard InChI is InChI=1S/2C10H10O4.2C4H9.Sn/c2*1-7(11)14-9(10(12)13)8-5-3-2-4-6-8;2*1-3-4-2;/h2*2-6,9H,1H3,(H,12,13);2*1,3-4H2,2H3;/q;;;;+2/p-2. The van der Waals surface area contributed by atoms with Gasteiger partial charge in [-0.1, -0.05) is 0 Å². The summed E-state index contributed by atoms with van der Waals surface area (Å²) in [7, 11) is 0. The van der Waals surface area contributed by atoms with Crippen LogP contribution in [0, 0.1) is 0 Å². The molecule has 0 saturated carbocycles. The first kappa shape index (κ1) is 30.3. The second kappa shape index (κ2) is 15.4. The molecule has 0 saturated heterocycles. The van der Waals surface area contributed by atoms with Gasteiger partial charge in [0.25, 0.3) is 0 Å². The number of rotatable bonds is 14. The number of hydrogen-bond acceptors (Lipinski definition) is 8. The Morgan fingerprint density at radius 3 is 1.30 bits per heavy atom. The Labute approximate surface area is 223 Å². The molecule has 0 fully saturated rings. The molecule has 0 aromatic heterocycles. The average Bonchev–Trinajstić information content (AvgIpc) is 2.88. The van der Waals surface area contributed by atoms with Crippen LogP contribution in [0.1, 0.15) is 76.7 Å². The SMILES string of the molecule is CCC[CH2][Sn]([CH2]CCC)([O]C(=O)C(OC(C)=O)c1ccccc1)[O]C(=O)C(OC(C)=O)c1ccccc1. The quantitative estimate of drug-likeness (QED) is 0.195. The van der Waals surface area contributed by atoms with Crippen LogP contribution in [0.4, 0.5) is 0 Å². The summed E-state index contributed by atoms with van der Waals surface area (Å²) in [4.78, 5) is 50.6. The molecule has 0 bridgehead atoms. The zero-order chi connectivity index (χ0) is 27.3. The number of hydrogen-bond donors (Lipinski definition) is 0. The molecular weight excluding hydrogens is 583 g/mol. The molecule has 0 spiro atoms. The van der Waals surface area contributed by atoms with Crippen LogP contribution in [-0.2, 0) is 34.8 Å². The number of benzene rings is 2. The molecule has 2 atom stereocenters. The maximum atomic E-state index is 13.5. The third-order valence-corrected chi connectivity index (χ3v) is 15.2. The Hall–Kier alpha value is -2.88. The van der Waals surface area contributed by atoms with Crippen molar-refractivity contribution in [3.05, 3.63) is 71.8 Å². The number of unbranched alkanes of at least 4 members (excludes halogenated alkanes) is 2. The molecule has 2 unspecified atom stereocenters. The van der Waals surface area contributed by atoms with E-state index in [0.717, 1.165) is 12.8 Å². The first-order chi connectivity index (χ1) is 17.7.